The molecule has 44 valence electrons. The van der Waals surface area contributed by atoms with Crippen LogP contribution < -0.4 is 0 Å². The Balaban J connectivity index is 3.71. The van der Waals surface area contributed by atoms with Crippen molar-refractivity contribution in [3.05, 3.63) is 37.0 Å². The lowest BCUT2D eigenvalue weighted by Gasteiger charge is -1.90. The maximum atomic E-state index is 3.63. The number of hydrogen-bond acceptors (Lipinski definition) is 0. The van der Waals surface area contributed by atoms with Crippen LogP contribution in [0.3, 0.4) is 0 Å². The van der Waals surface area contributed by atoms with Gasteiger partial charge in [-0.1, -0.05) is 24.8 Å². The standard InChI is InChI=1S/C8H12/c1-4-7-8(5-2)6-3/h4-6H,1-2,7H2,3H3/b8-6-. The highest BCUT2D eigenvalue weighted by Gasteiger charge is 1.80. The summed E-state index contributed by atoms with van der Waals surface area (Å²) in [5, 5.41) is 0. The van der Waals surface area contributed by atoms with Gasteiger partial charge in [-0.05, 0) is 18.9 Å². The first-order valence-electron chi connectivity index (χ1n) is 2.73. The lowest BCUT2D eigenvalue weighted by Crippen LogP contribution is -1.69. The van der Waals surface area contributed by atoms with Crippen molar-refractivity contribution in [2.75, 3.05) is 0 Å². The van der Waals surface area contributed by atoms with Crippen LogP contribution in [-0.2, 0) is 0 Å². The van der Waals surface area contributed by atoms with Gasteiger partial charge in [-0.3, -0.25) is 0 Å². The molecule has 0 amide bonds. The molecular formula is C8H12. The number of rotatable bonds is 3. The highest BCUT2D eigenvalue weighted by atomic mass is 13.9. The van der Waals surface area contributed by atoms with E-state index >= 15 is 0 Å². The molecule has 0 aliphatic rings. The van der Waals surface area contributed by atoms with Crippen LogP contribution in [0.5, 0.6) is 0 Å². The van der Waals surface area contributed by atoms with Gasteiger partial charge in [0.2, 0.25) is 0 Å². The normalized spacial score (nSPS) is 10.9. The van der Waals surface area contributed by atoms with Crippen LogP contribution >= 0.6 is 0 Å². The summed E-state index contributed by atoms with van der Waals surface area (Å²) in [6.45, 7) is 9.24. The lowest BCUT2D eigenvalue weighted by molar-refractivity contribution is 1.28. The quantitative estimate of drug-likeness (QED) is 0.385. The maximum absolute atomic E-state index is 3.63. The monoisotopic (exact) mass is 108 g/mol. The summed E-state index contributed by atoms with van der Waals surface area (Å²) < 4.78 is 0. The second-order valence-electron chi connectivity index (χ2n) is 1.56. The number of allylic oxidation sites excluding steroid dienone is 4. The molecular weight excluding hydrogens is 96.1 g/mol. The van der Waals surface area contributed by atoms with Gasteiger partial charge in [0.1, 0.15) is 0 Å². The van der Waals surface area contributed by atoms with Crippen molar-refractivity contribution in [2.45, 2.75) is 13.3 Å². The number of hydrogen-bond donors (Lipinski definition) is 0. The molecule has 0 aromatic carbocycles. The van der Waals surface area contributed by atoms with Crippen LogP contribution in [0.4, 0.5) is 0 Å². The van der Waals surface area contributed by atoms with Crippen LogP contribution in [0.25, 0.3) is 0 Å². The van der Waals surface area contributed by atoms with Crippen molar-refractivity contribution in [2.24, 2.45) is 0 Å². The Morgan fingerprint density at radius 3 is 2.25 bits per heavy atom. The predicted molar refractivity (Wildman–Crippen MR) is 38.8 cm³/mol. The lowest BCUT2D eigenvalue weighted by atomic mass is 10.2. The molecule has 0 saturated heterocycles. The van der Waals surface area contributed by atoms with E-state index in [4.69, 9.17) is 0 Å². The fourth-order valence-corrected chi connectivity index (χ4v) is 0.486. The summed E-state index contributed by atoms with van der Waals surface area (Å²) in [5.41, 5.74) is 1.24. The van der Waals surface area contributed by atoms with Gasteiger partial charge in [-0.2, -0.15) is 0 Å². The summed E-state index contributed by atoms with van der Waals surface area (Å²) in [7, 11) is 0. The van der Waals surface area contributed by atoms with Gasteiger partial charge in [0.15, 0.2) is 0 Å². The largest absolute Gasteiger partial charge is 0.103 e. The predicted octanol–water partition coefficient (Wildman–Crippen LogP) is 2.69. The summed E-state index contributed by atoms with van der Waals surface area (Å²) >= 11 is 0. The molecule has 0 heteroatoms. The van der Waals surface area contributed by atoms with E-state index in [1.165, 1.54) is 5.57 Å². The molecule has 0 radical (unpaired) electrons. The van der Waals surface area contributed by atoms with E-state index in [1.54, 1.807) is 0 Å². The minimum Gasteiger partial charge on any atom is -0.103 e. The molecule has 0 unspecified atom stereocenters. The summed E-state index contributed by atoms with van der Waals surface area (Å²) in [6.07, 6.45) is 6.69. The van der Waals surface area contributed by atoms with Crippen LogP contribution in [0.1, 0.15) is 13.3 Å². The Morgan fingerprint density at radius 2 is 2.12 bits per heavy atom. The zero-order chi connectivity index (χ0) is 6.41. The third-order valence-corrected chi connectivity index (χ3v) is 1.01. The fourth-order valence-electron chi connectivity index (χ4n) is 0.486. The van der Waals surface area contributed by atoms with Crippen LogP contribution in [-0.4, -0.2) is 0 Å². The van der Waals surface area contributed by atoms with E-state index in [1.807, 2.05) is 25.2 Å². The van der Waals surface area contributed by atoms with Gasteiger partial charge in [-0.15, -0.1) is 6.58 Å². The Labute approximate surface area is 51.2 Å². The molecule has 0 nitrogen and oxygen atoms in total. The smallest absolute Gasteiger partial charge is 0.0104 e. The summed E-state index contributed by atoms with van der Waals surface area (Å²) in [5.74, 6) is 0. The third kappa shape index (κ3) is 2.40. The Hall–Kier alpha value is -0.780. The highest BCUT2D eigenvalue weighted by Crippen LogP contribution is 2.00. The van der Waals surface area contributed by atoms with Crippen LogP contribution in [0.15, 0.2) is 37.0 Å². The Morgan fingerprint density at radius 1 is 1.50 bits per heavy atom. The van der Waals surface area contributed by atoms with Crippen molar-refractivity contribution in [1.82, 2.24) is 0 Å². The molecule has 8 heavy (non-hydrogen) atoms. The topological polar surface area (TPSA) is 0 Å². The van der Waals surface area contributed by atoms with Gasteiger partial charge >= 0.3 is 0 Å². The van der Waals surface area contributed by atoms with Gasteiger partial charge in [0.05, 0.1) is 0 Å². The van der Waals surface area contributed by atoms with Crippen molar-refractivity contribution in [3.63, 3.8) is 0 Å². The fraction of sp³-hybridized carbons (Fsp3) is 0.250. The van der Waals surface area contributed by atoms with Gasteiger partial charge in [0.25, 0.3) is 0 Å². The molecule has 0 rings (SSSR count). The Bertz CT molecular complexity index is 107. The van der Waals surface area contributed by atoms with Crippen molar-refractivity contribution in [1.29, 1.82) is 0 Å². The minimum absolute atomic E-state index is 0.931. The first-order chi connectivity index (χ1) is 3.85. The van der Waals surface area contributed by atoms with Crippen LogP contribution in [0.2, 0.25) is 0 Å². The van der Waals surface area contributed by atoms with Crippen molar-refractivity contribution >= 4 is 0 Å². The van der Waals surface area contributed by atoms with E-state index in [-0.39, 0.29) is 0 Å². The molecule has 0 atom stereocenters. The average molecular weight is 108 g/mol. The van der Waals surface area contributed by atoms with Gasteiger partial charge in [-0.25, -0.2) is 0 Å². The molecule has 0 aliphatic heterocycles. The van der Waals surface area contributed by atoms with E-state index < -0.39 is 0 Å². The van der Waals surface area contributed by atoms with Gasteiger partial charge in [0, 0.05) is 0 Å². The first kappa shape index (κ1) is 7.22. The molecule has 0 fully saturated rings. The SMILES string of the molecule is C=CC/C(C=C)=C\C. The minimum atomic E-state index is 0.931. The molecule has 0 aromatic heterocycles. The molecule has 0 bridgehead atoms. The molecule has 0 saturated carbocycles. The van der Waals surface area contributed by atoms with Crippen LogP contribution in [0, 0.1) is 0 Å². The first-order valence-corrected chi connectivity index (χ1v) is 2.73. The highest BCUT2D eigenvalue weighted by molar-refractivity contribution is 5.17. The molecule has 0 aromatic rings. The van der Waals surface area contributed by atoms with Crippen molar-refractivity contribution in [3.8, 4) is 0 Å². The second-order valence-corrected chi connectivity index (χ2v) is 1.56. The van der Waals surface area contributed by atoms with E-state index in [0.29, 0.717) is 0 Å². The second kappa shape index (κ2) is 4.38. The molecule has 0 N–H and O–H groups in total. The average Bonchev–Trinajstić information content (AvgIpc) is 1.83. The zero-order valence-electron chi connectivity index (χ0n) is 5.35. The molecule has 0 spiro atoms. The van der Waals surface area contributed by atoms with E-state index in [9.17, 15) is 0 Å². The maximum Gasteiger partial charge on any atom is -0.0104 e. The summed E-state index contributed by atoms with van der Waals surface area (Å²) in [4.78, 5) is 0. The third-order valence-electron chi connectivity index (χ3n) is 1.01. The Kier molecular flexibility index (Phi) is 3.95. The molecule has 0 heterocycles. The van der Waals surface area contributed by atoms with Gasteiger partial charge < -0.3 is 0 Å². The summed E-state index contributed by atoms with van der Waals surface area (Å²) in [6, 6.07) is 0. The zero-order valence-corrected chi connectivity index (χ0v) is 5.35. The van der Waals surface area contributed by atoms with E-state index in [2.05, 4.69) is 13.2 Å². The van der Waals surface area contributed by atoms with E-state index in [0.717, 1.165) is 6.42 Å². The van der Waals surface area contributed by atoms with Crippen molar-refractivity contribution < 1.29 is 0 Å². The molecule has 0 aliphatic carbocycles.